The van der Waals surface area contributed by atoms with E-state index in [2.05, 4.69) is 5.32 Å². The molecule has 0 aromatic heterocycles. The second kappa shape index (κ2) is 11.3. The highest BCUT2D eigenvalue weighted by Crippen LogP contribution is 2.04. The normalized spacial score (nSPS) is 11.9. The number of carbonyl (C=O) groups excluding carboxylic acids is 2. The molecule has 0 spiro atoms. The van der Waals surface area contributed by atoms with Gasteiger partial charge in [-0.25, -0.2) is 0 Å². The van der Waals surface area contributed by atoms with Crippen LogP contribution < -0.4 is 28.2 Å². The number of amides is 2. The molecule has 18 heavy (non-hydrogen) atoms. The van der Waals surface area contributed by atoms with Crippen LogP contribution in [-0.4, -0.2) is 45.1 Å². The van der Waals surface area contributed by atoms with Gasteiger partial charge in [-0.1, -0.05) is 12.8 Å². The fraction of sp³-hybridized carbons (Fsp3) is 0.800. The van der Waals surface area contributed by atoms with E-state index < -0.39 is 4.05 Å². The van der Waals surface area contributed by atoms with Crippen molar-refractivity contribution in [2.45, 2.75) is 36.1 Å². The minimum atomic E-state index is -0.545. The fourth-order valence-corrected chi connectivity index (χ4v) is 2.18. The molecule has 103 valence electrons. The van der Waals surface area contributed by atoms with Crippen LogP contribution in [0.25, 0.3) is 0 Å². The fourth-order valence-electron chi connectivity index (χ4n) is 1.20. The molecule has 5 nitrogen and oxygen atoms in total. The Balaban J connectivity index is 3.77. The lowest BCUT2D eigenvalue weighted by Gasteiger charge is -2.33. The van der Waals surface area contributed by atoms with Crippen LogP contribution in [0.15, 0.2) is 0 Å². The molecule has 8 heteroatoms. The molecule has 0 aromatic carbocycles. The zero-order valence-electron chi connectivity index (χ0n) is 10.1. The molecular formula is C10H17BI2N2O3-. The Morgan fingerprint density at radius 2 is 1.94 bits per heavy atom. The smallest absolute Gasteiger partial charge is 0.251 e. The van der Waals surface area contributed by atoms with Crippen molar-refractivity contribution < 1.29 is 37.6 Å². The van der Waals surface area contributed by atoms with Crippen molar-refractivity contribution in [3.05, 3.63) is 0 Å². The number of halogens is 2. The molecule has 0 aliphatic heterocycles. The van der Waals surface area contributed by atoms with Crippen LogP contribution in [0, 0.1) is 0 Å². The lowest BCUT2D eigenvalue weighted by molar-refractivity contribution is -0.549. The van der Waals surface area contributed by atoms with Gasteiger partial charge < -0.3 is 36.4 Å². The number of hydrogen-bond acceptors (Lipinski definition) is 3. The summed E-state index contributed by atoms with van der Waals surface area (Å²) in [7, 11) is 5.23. The van der Waals surface area contributed by atoms with Crippen LogP contribution in [0.3, 0.4) is 0 Å². The maximum Gasteiger partial charge on any atom is 0.251 e. The summed E-state index contributed by atoms with van der Waals surface area (Å²) >= 11 is 3.70. The molecule has 0 bridgehead atoms. The first kappa shape index (κ1) is 18.4. The van der Waals surface area contributed by atoms with Gasteiger partial charge >= 0.3 is 0 Å². The van der Waals surface area contributed by atoms with Gasteiger partial charge in [0.25, 0.3) is 5.91 Å². The van der Waals surface area contributed by atoms with Crippen molar-refractivity contribution in [3.63, 3.8) is 0 Å². The van der Waals surface area contributed by atoms with E-state index in [0.717, 1.165) is 25.7 Å². The highest BCUT2D eigenvalue weighted by molar-refractivity contribution is 14.1. The number of nitrogens with one attached hydrogen (secondary N) is 1. The predicted molar refractivity (Wildman–Crippen MR) is 73.8 cm³/mol. The van der Waals surface area contributed by atoms with Gasteiger partial charge in [0.2, 0.25) is 0 Å². The Kier molecular flexibility index (Phi) is 11.5. The Morgan fingerprint density at radius 1 is 1.33 bits per heavy atom. The van der Waals surface area contributed by atoms with Gasteiger partial charge in [0.15, 0.2) is 5.91 Å². The molecule has 0 fully saturated rings. The van der Waals surface area contributed by atoms with E-state index >= 15 is 0 Å². The zero-order chi connectivity index (χ0) is 14.0. The number of hydrogen-bond donors (Lipinski definition) is 2. The van der Waals surface area contributed by atoms with Crippen LogP contribution >= 0.6 is 22.6 Å². The molecule has 3 radical (unpaired) electrons. The second-order valence-electron chi connectivity index (χ2n) is 3.67. The molecular weight excluding hydrogens is 461 g/mol. The Morgan fingerprint density at radius 3 is 2.50 bits per heavy atom. The molecule has 2 N–H and O–H groups in total. The summed E-state index contributed by atoms with van der Waals surface area (Å²) in [5.41, 5.74) is 0. The summed E-state index contributed by atoms with van der Waals surface area (Å²) in [6.45, 7) is 0.804. The summed E-state index contributed by atoms with van der Waals surface area (Å²) in [4.78, 5) is 23.0. The van der Waals surface area contributed by atoms with Crippen LogP contribution in [-0.2, 0) is 9.59 Å². The minimum Gasteiger partial charge on any atom is -0.657 e. The molecule has 0 aliphatic carbocycles. The molecule has 0 aromatic rings. The Bertz CT molecular complexity index is 270. The number of aliphatic hydroxyl groups is 1. The molecule has 0 aliphatic rings. The summed E-state index contributed by atoms with van der Waals surface area (Å²) in [6, 6.07) is 0. The second-order valence-corrected chi connectivity index (χ2v) is 5.89. The van der Waals surface area contributed by atoms with E-state index in [1.54, 1.807) is 22.9 Å². The third-order valence-electron chi connectivity index (χ3n) is 2.21. The maximum atomic E-state index is 11.7. The lowest BCUT2D eigenvalue weighted by atomic mass is 10.1. The quantitative estimate of drug-likeness (QED) is 0.0948. The number of rotatable bonds is 9. The summed E-state index contributed by atoms with van der Waals surface area (Å²) in [5.74, 6) is -0.456. The van der Waals surface area contributed by atoms with Crippen molar-refractivity contribution in [3.8, 4) is 0 Å². The summed E-state index contributed by atoms with van der Waals surface area (Å²) in [6.07, 6.45) is 3.51. The van der Waals surface area contributed by atoms with E-state index in [1.165, 1.54) is 3.11 Å². The first-order valence-corrected chi connectivity index (χ1v) is 7.96. The van der Waals surface area contributed by atoms with Gasteiger partial charge in [0.05, 0.1) is 7.85 Å². The van der Waals surface area contributed by atoms with Gasteiger partial charge in [-0.3, -0.25) is 9.59 Å². The lowest BCUT2D eigenvalue weighted by Crippen LogP contribution is -3.42. The topological polar surface area (TPSA) is 69.6 Å². The van der Waals surface area contributed by atoms with Crippen molar-refractivity contribution in [1.29, 1.82) is 0 Å². The highest BCUT2D eigenvalue weighted by Gasteiger charge is 2.17. The number of carbonyl (C=O) groups is 2. The molecule has 0 heterocycles. The van der Waals surface area contributed by atoms with E-state index in [0.29, 0.717) is 6.54 Å². The monoisotopic (exact) mass is 478 g/mol. The molecule has 0 saturated heterocycles. The van der Waals surface area contributed by atoms with Crippen LogP contribution in [0.1, 0.15) is 25.7 Å². The SMILES string of the molecule is [B]CC(=O)N([I-])C(I)C(=O)NCCCCCCO. The van der Waals surface area contributed by atoms with Crippen molar-refractivity contribution in [2.75, 3.05) is 13.2 Å². The Labute approximate surface area is 136 Å². The molecule has 1 unspecified atom stereocenters. The van der Waals surface area contributed by atoms with Crippen molar-refractivity contribution >= 4 is 42.3 Å². The number of aliphatic hydroxyl groups excluding tert-OH is 1. The molecule has 1 atom stereocenters. The number of nitrogens with zero attached hydrogens (tertiary/aromatic N) is 1. The summed E-state index contributed by atoms with van der Waals surface area (Å²) in [5, 5.41) is 11.4. The highest BCUT2D eigenvalue weighted by atomic mass is 127. The molecule has 0 saturated carbocycles. The number of unbranched alkanes of at least 4 members (excludes halogenated alkanes) is 3. The van der Waals surface area contributed by atoms with Crippen molar-refractivity contribution in [2.24, 2.45) is 0 Å². The molecule has 2 amide bonds. The standard InChI is InChI=1S/C10H17BI2N2O3/c11-7-8(17)15(13)9(12)10(18)14-5-3-1-2-4-6-16/h9,16H,1-7H2,(H,14,18)/q-1. The largest absolute Gasteiger partial charge is 0.657 e. The maximum absolute atomic E-state index is 11.7. The predicted octanol–water partition coefficient (Wildman–Crippen LogP) is -2.70. The number of alkyl halides is 1. The van der Waals surface area contributed by atoms with E-state index in [-0.39, 0.29) is 24.7 Å². The average Bonchev–Trinajstić information content (AvgIpc) is 2.39. The van der Waals surface area contributed by atoms with Gasteiger partial charge in [-0.05, 0) is 41.8 Å². The Hall–Kier alpha value is 0.425. The van der Waals surface area contributed by atoms with E-state index in [1.807, 2.05) is 22.6 Å². The van der Waals surface area contributed by atoms with E-state index in [9.17, 15) is 9.59 Å². The van der Waals surface area contributed by atoms with Crippen LogP contribution in [0.5, 0.6) is 0 Å². The summed E-state index contributed by atoms with van der Waals surface area (Å²) < 4.78 is 0.760. The van der Waals surface area contributed by atoms with E-state index in [4.69, 9.17) is 13.0 Å². The zero-order valence-corrected chi connectivity index (χ0v) is 14.4. The van der Waals surface area contributed by atoms with Crippen molar-refractivity contribution in [1.82, 2.24) is 8.43 Å². The van der Waals surface area contributed by atoms with Gasteiger partial charge in [-0.15, -0.1) is 0 Å². The average molecular weight is 478 g/mol. The van der Waals surface area contributed by atoms with Crippen LogP contribution in [0.2, 0.25) is 6.32 Å². The third-order valence-corrected chi connectivity index (χ3v) is 5.50. The van der Waals surface area contributed by atoms with Crippen LogP contribution in [0.4, 0.5) is 0 Å². The van der Waals surface area contributed by atoms with Gasteiger partial charge in [-0.2, -0.15) is 0 Å². The third kappa shape index (κ3) is 7.77. The molecule has 0 rings (SSSR count). The first-order valence-electron chi connectivity index (χ1n) is 5.75. The van der Waals surface area contributed by atoms with Gasteiger partial charge in [0.1, 0.15) is 4.05 Å². The minimum absolute atomic E-state index is 0.100. The first-order chi connectivity index (χ1) is 8.54. The van der Waals surface area contributed by atoms with Gasteiger partial charge in [0, 0.05) is 13.2 Å².